The van der Waals surface area contributed by atoms with Crippen LogP contribution in [0.4, 0.5) is 5.82 Å². The molecule has 1 aromatic heterocycles. The molecule has 2 atom stereocenters. The molecule has 4 N–H and O–H groups in total. The summed E-state index contributed by atoms with van der Waals surface area (Å²) >= 11 is 0. The number of methoxy groups -OCH3 is 1. The molecule has 1 aromatic rings. The number of aromatic nitrogens is 2. The number of aliphatic imine (C=N–C) groups is 1. The van der Waals surface area contributed by atoms with Crippen LogP contribution in [-0.2, 0) is 11.3 Å². The third kappa shape index (κ3) is 3.32. The zero-order valence-electron chi connectivity index (χ0n) is 14.9. The zero-order chi connectivity index (χ0) is 17.4. The average Bonchev–Trinajstić information content (AvgIpc) is 3.38. The second-order valence-electron chi connectivity index (χ2n) is 7.34. The summed E-state index contributed by atoms with van der Waals surface area (Å²) < 4.78 is 13.1. The van der Waals surface area contributed by atoms with E-state index in [9.17, 15) is 0 Å². The van der Waals surface area contributed by atoms with Gasteiger partial charge in [0, 0.05) is 25.6 Å². The van der Waals surface area contributed by atoms with Crippen LogP contribution in [0.3, 0.4) is 0 Å². The Morgan fingerprint density at radius 2 is 2.12 bits per heavy atom. The highest BCUT2D eigenvalue weighted by atomic mass is 16.5. The van der Waals surface area contributed by atoms with Crippen LogP contribution in [0, 0.1) is 11.8 Å². The van der Waals surface area contributed by atoms with Gasteiger partial charge in [-0.05, 0) is 25.2 Å². The van der Waals surface area contributed by atoms with Gasteiger partial charge in [-0.2, -0.15) is 9.98 Å². The fourth-order valence-corrected chi connectivity index (χ4v) is 3.73. The van der Waals surface area contributed by atoms with Gasteiger partial charge in [-0.25, -0.2) is 0 Å². The van der Waals surface area contributed by atoms with E-state index >= 15 is 0 Å². The summed E-state index contributed by atoms with van der Waals surface area (Å²) in [6.45, 7) is 3.19. The van der Waals surface area contributed by atoms with Crippen LogP contribution in [-0.4, -0.2) is 47.3 Å². The molecular weight excluding hydrogens is 320 g/mol. The Bertz CT molecular complexity index is 648. The molecule has 1 aliphatic carbocycles. The monoisotopic (exact) mass is 348 g/mol. The van der Waals surface area contributed by atoms with Gasteiger partial charge < -0.3 is 25.8 Å². The molecule has 0 radical (unpaired) electrons. The summed E-state index contributed by atoms with van der Waals surface area (Å²) in [5.41, 5.74) is 13.4. The highest BCUT2D eigenvalue weighted by Crippen LogP contribution is 2.37. The van der Waals surface area contributed by atoms with E-state index in [0.29, 0.717) is 17.9 Å². The van der Waals surface area contributed by atoms with E-state index in [1.54, 1.807) is 7.11 Å². The van der Waals surface area contributed by atoms with Crippen molar-refractivity contribution >= 4 is 11.8 Å². The van der Waals surface area contributed by atoms with E-state index in [0.717, 1.165) is 63.0 Å². The molecule has 0 amide bonds. The normalized spacial score (nSPS) is 26.3. The van der Waals surface area contributed by atoms with Crippen molar-refractivity contribution < 1.29 is 9.47 Å². The van der Waals surface area contributed by atoms with Gasteiger partial charge in [-0.3, -0.25) is 4.57 Å². The summed E-state index contributed by atoms with van der Waals surface area (Å²) in [7, 11) is 1.63. The molecule has 3 aliphatic rings. The molecule has 0 aromatic carbocycles. The molecule has 0 bridgehead atoms. The number of nitrogens with two attached hydrogens (primary N) is 2. The molecule has 4 rings (SSSR count). The second-order valence-corrected chi connectivity index (χ2v) is 7.34. The maximum absolute atomic E-state index is 6.47. The number of ether oxygens (including phenoxy) is 2. The standard InChI is InChI=1S/C17H28N6O2/c1-24-17-20-13-14(18)22(7-6-11-4-5-11)16(19)21-15(13)23(17)9-12-3-2-8-25-10-12/h11-12,14H,2-10,18H2,1H3,(H2,19,21). The number of imidazole rings is 1. The Kier molecular flexibility index (Phi) is 4.56. The number of nitrogens with zero attached hydrogens (tertiary/aromatic N) is 4. The van der Waals surface area contributed by atoms with Crippen LogP contribution < -0.4 is 16.2 Å². The lowest BCUT2D eigenvalue weighted by molar-refractivity contribution is 0.0476. The first-order chi connectivity index (χ1) is 12.2. The van der Waals surface area contributed by atoms with Gasteiger partial charge in [-0.1, -0.05) is 12.8 Å². The Labute approximate surface area is 148 Å². The largest absolute Gasteiger partial charge is 0.468 e. The molecule has 25 heavy (non-hydrogen) atoms. The first-order valence-electron chi connectivity index (χ1n) is 9.26. The van der Waals surface area contributed by atoms with E-state index in [1.807, 2.05) is 9.47 Å². The molecule has 138 valence electrons. The minimum absolute atomic E-state index is 0.371. The maximum atomic E-state index is 6.47. The van der Waals surface area contributed by atoms with Gasteiger partial charge in [0.1, 0.15) is 11.9 Å². The fourth-order valence-electron chi connectivity index (χ4n) is 3.73. The van der Waals surface area contributed by atoms with Crippen LogP contribution in [0.1, 0.15) is 44.0 Å². The molecule has 3 heterocycles. The minimum Gasteiger partial charge on any atom is -0.468 e. The Balaban J connectivity index is 1.58. The van der Waals surface area contributed by atoms with Gasteiger partial charge in [0.25, 0.3) is 6.01 Å². The van der Waals surface area contributed by atoms with Crippen molar-refractivity contribution in [3.63, 3.8) is 0 Å². The van der Waals surface area contributed by atoms with E-state index < -0.39 is 0 Å². The summed E-state index contributed by atoms with van der Waals surface area (Å²) in [6.07, 6.45) is 5.59. The molecule has 2 unspecified atom stereocenters. The number of guanidine groups is 1. The van der Waals surface area contributed by atoms with Crippen molar-refractivity contribution in [2.75, 3.05) is 26.9 Å². The number of hydrogen-bond donors (Lipinski definition) is 2. The molecule has 1 saturated carbocycles. The molecule has 1 saturated heterocycles. The lowest BCUT2D eigenvalue weighted by Crippen LogP contribution is -2.46. The third-order valence-corrected chi connectivity index (χ3v) is 5.42. The van der Waals surface area contributed by atoms with Crippen molar-refractivity contribution in [2.45, 2.75) is 44.8 Å². The summed E-state index contributed by atoms with van der Waals surface area (Å²) in [5.74, 6) is 2.46. The molecular formula is C17H28N6O2. The van der Waals surface area contributed by atoms with Crippen molar-refractivity contribution in [1.82, 2.24) is 14.5 Å². The van der Waals surface area contributed by atoms with Crippen LogP contribution in [0.25, 0.3) is 0 Å². The molecule has 2 fully saturated rings. The van der Waals surface area contributed by atoms with Gasteiger partial charge in [0.2, 0.25) is 0 Å². The van der Waals surface area contributed by atoms with Crippen LogP contribution >= 0.6 is 0 Å². The van der Waals surface area contributed by atoms with Gasteiger partial charge in [0.15, 0.2) is 11.8 Å². The Morgan fingerprint density at radius 1 is 1.28 bits per heavy atom. The molecule has 0 spiro atoms. The lowest BCUT2D eigenvalue weighted by Gasteiger charge is -2.32. The van der Waals surface area contributed by atoms with Crippen molar-refractivity contribution in [3.05, 3.63) is 5.69 Å². The Morgan fingerprint density at radius 3 is 2.80 bits per heavy atom. The third-order valence-electron chi connectivity index (χ3n) is 5.42. The van der Waals surface area contributed by atoms with E-state index in [-0.39, 0.29) is 6.17 Å². The fraction of sp³-hybridized carbons (Fsp3) is 0.765. The van der Waals surface area contributed by atoms with E-state index in [4.69, 9.17) is 20.9 Å². The van der Waals surface area contributed by atoms with Crippen LogP contribution in [0.15, 0.2) is 4.99 Å². The summed E-state index contributed by atoms with van der Waals surface area (Å²) in [5, 5.41) is 0. The number of fused-ring (bicyclic) bond motifs is 1. The first-order valence-corrected chi connectivity index (χ1v) is 9.26. The van der Waals surface area contributed by atoms with Gasteiger partial charge in [0.05, 0.1) is 13.7 Å². The zero-order valence-corrected chi connectivity index (χ0v) is 14.9. The Hall–Kier alpha value is -1.80. The highest BCUT2D eigenvalue weighted by molar-refractivity contribution is 5.83. The smallest absolute Gasteiger partial charge is 0.298 e. The number of hydrogen-bond acceptors (Lipinski definition) is 7. The van der Waals surface area contributed by atoms with Crippen molar-refractivity contribution in [3.8, 4) is 6.01 Å². The predicted molar refractivity (Wildman–Crippen MR) is 94.6 cm³/mol. The molecule has 8 nitrogen and oxygen atoms in total. The second kappa shape index (κ2) is 6.84. The SMILES string of the molecule is COc1nc2c(n1CC1CCCOC1)N=C(N)N(CCC1CC1)C2N. The minimum atomic E-state index is -0.371. The quantitative estimate of drug-likeness (QED) is 0.804. The topological polar surface area (TPSA) is 104 Å². The van der Waals surface area contributed by atoms with Crippen molar-refractivity contribution in [2.24, 2.45) is 28.3 Å². The van der Waals surface area contributed by atoms with Crippen molar-refractivity contribution in [1.29, 1.82) is 0 Å². The molecule has 8 heteroatoms. The lowest BCUT2D eigenvalue weighted by atomic mass is 10.0. The van der Waals surface area contributed by atoms with Gasteiger partial charge >= 0.3 is 0 Å². The van der Waals surface area contributed by atoms with Crippen LogP contribution in [0.5, 0.6) is 6.01 Å². The van der Waals surface area contributed by atoms with Crippen LogP contribution in [0.2, 0.25) is 0 Å². The summed E-state index contributed by atoms with van der Waals surface area (Å²) in [4.78, 5) is 11.2. The first kappa shape index (κ1) is 16.7. The highest BCUT2D eigenvalue weighted by Gasteiger charge is 2.34. The molecule has 2 aliphatic heterocycles. The predicted octanol–water partition coefficient (Wildman–Crippen LogP) is 1.34. The van der Waals surface area contributed by atoms with E-state index in [2.05, 4.69) is 9.98 Å². The van der Waals surface area contributed by atoms with Gasteiger partial charge in [-0.15, -0.1) is 0 Å². The average molecular weight is 348 g/mol. The summed E-state index contributed by atoms with van der Waals surface area (Å²) in [6, 6.07) is 0.548. The number of rotatable bonds is 6. The maximum Gasteiger partial charge on any atom is 0.298 e. The van der Waals surface area contributed by atoms with E-state index in [1.165, 1.54) is 12.8 Å².